The van der Waals surface area contributed by atoms with Gasteiger partial charge in [-0.1, -0.05) is 53.1 Å². The van der Waals surface area contributed by atoms with Crippen molar-refractivity contribution >= 4 is 64.0 Å². The summed E-state index contributed by atoms with van der Waals surface area (Å²) in [7, 11) is 1.33. The van der Waals surface area contributed by atoms with E-state index in [1.54, 1.807) is 24.3 Å². The summed E-state index contributed by atoms with van der Waals surface area (Å²) in [4.78, 5) is 74.1. The molecule has 0 radical (unpaired) electrons. The second kappa shape index (κ2) is 13.6. The number of rotatable bonds is 7. The molecule has 18 heteroatoms. The number of hydrogen-bond donors (Lipinski definition) is 2. The Morgan fingerprint density at radius 1 is 0.965 bits per heavy atom. The molecule has 2 aliphatic heterocycles. The van der Waals surface area contributed by atoms with Gasteiger partial charge in [0.2, 0.25) is 11.8 Å². The number of carbonyl (C=O) groups excluding carboxylic acids is 4. The van der Waals surface area contributed by atoms with Crippen LogP contribution in [-0.2, 0) is 30.8 Å². The van der Waals surface area contributed by atoms with Gasteiger partial charge in [-0.3, -0.25) is 39.6 Å². The quantitative estimate of drug-likeness (QED) is 0.0839. The van der Waals surface area contributed by atoms with E-state index in [-0.39, 0.29) is 35.7 Å². The number of aromatic hydroxyl groups is 1. The summed E-state index contributed by atoms with van der Waals surface area (Å²) in [6.07, 6.45) is -2.56. The minimum absolute atomic E-state index is 0.0377. The largest absolute Gasteiger partial charge is 0.504 e. The molecule has 3 heterocycles. The number of nitrogens with zero attached hydrogens (tertiary/aromatic N) is 4. The normalized spacial score (nSPS) is 25.5. The molecule has 6 atom stereocenters. The predicted molar refractivity (Wildman–Crippen MR) is 197 cm³/mol. The van der Waals surface area contributed by atoms with Crippen molar-refractivity contribution in [3.8, 4) is 11.5 Å². The van der Waals surface area contributed by atoms with Crippen molar-refractivity contribution in [1.29, 1.82) is 0 Å². The van der Waals surface area contributed by atoms with Gasteiger partial charge in [-0.25, -0.2) is 4.98 Å². The second-order valence-electron chi connectivity index (χ2n) is 14.1. The molecule has 2 N–H and O–H groups in total. The number of halogens is 5. The molecule has 3 aromatic carbocycles. The molecule has 4 amide bonds. The summed E-state index contributed by atoms with van der Waals surface area (Å²) in [5.74, 6) is -8.41. The van der Waals surface area contributed by atoms with Crippen molar-refractivity contribution in [2.24, 2.45) is 23.7 Å². The number of benzene rings is 3. The first-order chi connectivity index (χ1) is 27.1. The van der Waals surface area contributed by atoms with Crippen LogP contribution in [0.15, 0.2) is 90.6 Å². The van der Waals surface area contributed by atoms with Crippen LogP contribution in [0, 0.1) is 33.8 Å². The van der Waals surface area contributed by atoms with E-state index >= 15 is 4.79 Å². The molecule has 292 valence electrons. The third-order valence-corrected chi connectivity index (χ3v) is 12.0. The Morgan fingerprint density at radius 2 is 1.67 bits per heavy atom. The van der Waals surface area contributed by atoms with Gasteiger partial charge in [-0.15, -0.1) is 0 Å². The highest BCUT2D eigenvalue weighted by Gasteiger charge is 2.70. The lowest BCUT2D eigenvalue weighted by atomic mass is 9.49. The summed E-state index contributed by atoms with van der Waals surface area (Å²) in [5, 5.41) is 22.4. The molecular weight excluding hydrogens is 794 g/mol. The van der Waals surface area contributed by atoms with E-state index < -0.39 is 86.1 Å². The summed E-state index contributed by atoms with van der Waals surface area (Å²) in [6.45, 7) is 0. The number of nitro groups is 1. The third-order valence-electron chi connectivity index (χ3n) is 11.4. The van der Waals surface area contributed by atoms with Gasteiger partial charge >= 0.3 is 6.18 Å². The summed E-state index contributed by atoms with van der Waals surface area (Å²) < 4.78 is 45.9. The lowest BCUT2D eigenvalue weighted by molar-refractivity contribution is -0.384. The van der Waals surface area contributed by atoms with Crippen LogP contribution in [0.1, 0.15) is 35.4 Å². The fourth-order valence-corrected chi connectivity index (χ4v) is 9.34. The van der Waals surface area contributed by atoms with Gasteiger partial charge in [0.05, 0.1) is 51.5 Å². The minimum Gasteiger partial charge on any atom is -0.504 e. The fourth-order valence-electron chi connectivity index (χ4n) is 9.01. The number of alkyl halides is 3. The standard InChI is InChI=1S/C39H28Cl2F3N5O8/c1-57-30-14-18(2-13-29(30)50)32-24-11-12-25-31(36(53)47(34(25)51)22-7-9-23(10-8-22)49(55)56)26(24)16-27-35(52)48(37(54)38(27,32)19-3-5-21(40)6-4-19)46-33-28(41)15-20(17-45-33)39(42,43)44/h2-11,13-15,17,25-27,31-32,50H,12,16H2,1H3,(H,45,46)/t25-,26+,27-,31-,32-,38+/m0/s1. The van der Waals surface area contributed by atoms with Gasteiger partial charge in [0.25, 0.3) is 17.5 Å². The number of carbonyl (C=O) groups is 4. The molecule has 4 aliphatic rings. The van der Waals surface area contributed by atoms with Crippen LogP contribution in [0.5, 0.6) is 11.5 Å². The Labute approximate surface area is 330 Å². The van der Waals surface area contributed by atoms with Crippen molar-refractivity contribution in [2.45, 2.75) is 30.4 Å². The zero-order valence-electron chi connectivity index (χ0n) is 29.4. The number of methoxy groups -OCH3 is 1. The number of fused-ring (bicyclic) bond motifs is 4. The molecule has 1 saturated carbocycles. The molecular formula is C39H28Cl2F3N5O8. The van der Waals surface area contributed by atoms with Crippen LogP contribution in [0.2, 0.25) is 10.0 Å². The molecule has 0 unspecified atom stereocenters. The third kappa shape index (κ3) is 5.79. The van der Waals surface area contributed by atoms with Gasteiger partial charge in [-0.2, -0.15) is 18.2 Å². The number of hydrogen-bond acceptors (Lipinski definition) is 10. The first-order valence-corrected chi connectivity index (χ1v) is 18.2. The maximum absolute atomic E-state index is 15.3. The minimum atomic E-state index is -4.78. The number of allylic oxidation sites excluding steroid dienone is 2. The van der Waals surface area contributed by atoms with Crippen LogP contribution in [-0.4, -0.2) is 50.8 Å². The van der Waals surface area contributed by atoms with Gasteiger partial charge in [-0.05, 0) is 72.4 Å². The average molecular weight is 823 g/mol. The number of hydrazine groups is 1. The zero-order chi connectivity index (χ0) is 40.7. The highest BCUT2D eigenvalue weighted by atomic mass is 35.5. The topological polar surface area (TPSA) is 172 Å². The summed E-state index contributed by atoms with van der Waals surface area (Å²) >= 11 is 12.6. The van der Waals surface area contributed by atoms with Crippen LogP contribution in [0.3, 0.4) is 0 Å². The van der Waals surface area contributed by atoms with E-state index in [2.05, 4.69) is 10.4 Å². The van der Waals surface area contributed by atoms with Crippen molar-refractivity contribution in [3.05, 3.63) is 127 Å². The monoisotopic (exact) mass is 821 g/mol. The first-order valence-electron chi connectivity index (χ1n) is 17.4. The van der Waals surface area contributed by atoms with Crippen LogP contribution < -0.4 is 15.1 Å². The van der Waals surface area contributed by atoms with Crippen LogP contribution in [0.4, 0.5) is 30.4 Å². The number of nitrogens with one attached hydrogen (secondary N) is 1. The highest BCUT2D eigenvalue weighted by molar-refractivity contribution is 6.33. The number of ether oxygens (including phenoxy) is 1. The van der Waals surface area contributed by atoms with E-state index in [0.29, 0.717) is 39.0 Å². The van der Waals surface area contributed by atoms with Crippen molar-refractivity contribution in [3.63, 3.8) is 0 Å². The van der Waals surface area contributed by atoms with E-state index in [9.17, 15) is 42.8 Å². The molecule has 1 aromatic heterocycles. The maximum atomic E-state index is 15.3. The molecule has 4 aromatic rings. The first kappa shape index (κ1) is 37.9. The average Bonchev–Trinajstić information content (AvgIpc) is 3.56. The van der Waals surface area contributed by atoms with E-state index in [1.807, 2.05) is 0 Å². The lowest BCUT2D eigenvalue weighted by Crippen LogP contribution is -2.53. The maximum Gasteiger partial charge on any atom is 0.417 e. The number of nitro benzene ring substituents is 1. The molecule has 0 spiro atoms. The van der Waals surface area contributed by atoms with Gasteiger partial charge in [0, 0.05) is 29.3 Å². The Kier molecular flexibility index (Phi) is 9.03. The van der Waals surface area contributed by atoms with Gasteiger partial charge in [0.15, 0.2) is 17.3 Å². The lowest BCUT2D eigenvalue weighted by Gasteiger charge is -2.50. The van der Waals surface area contributed by atoms with Crippen molar-refractivity contribution in [1.82, 2.24) is 9.99 Å². The SMILES string of the molecule is COc1cc([C@H]2C3=CC[C@@H]4C(=O)N(c5ccc([N+](=O)[O-])cc5)C(=O)[C@@H]4[C@@H]3C[C@H]3C(=O)N(Nc4ncc(C(F)(F)F)cc4Cl)C(=O)[C@@]23c2ccc(Cl)cc2)ccc1O. The number of non-ortho nitro benzene ring substituents is 1. The van der Waals surface area contributed by atoms with E-state index in [0.717, 1.165) is 4.90 Å². The van der Waals surface area contributed by atoms with Gasteiger partial charge < -0.3 is 9.84 Å². The molecule has 0 bridgehead atoms. The van der Waals surface area contributed by atoms with Crippen LogP contribution >= 0.6 is 23.2 Å². The van der Waals surface area contributed by atoms with Gasteiger partial charge in [0.1, 0.15) is 0 Å². The number of anilines is 2. The number of pyridine rings is 1. The highest BCUT2D eigenvalue weighted by Crippen LogP contribution is 2.64. The molecule has 13 nitrogen and oxygen atoms in total. The Hall–Kier alpha value is -6.00. The van der Waals surface area contributed by atoms with Crippen LogP contribution in [0.25, 0.3) is 0 Å². The molecule has 8 rings (SSSR count). The second-order valence-corrected chi connectivity index (χ2v) is 15.0. The van der Waals surface area contributed by atoms with E-state index in [1.165, 1.54) is 55.6 Å². The molecule has 3 fully saturated rings. The summed E-state index contributed by atoms with van der Waals surface area (Å²) in [6, 6.07) is 16.3. The summed E-state index contributed by atoms with van der Waals surface area (Å²) in [5.41, 5.74) is 0.777. The van der Waals surface area contributed by atoms with Crippen molar-refractivity contribution in [2.75, 3.05) is 17.4 Å². The van der Waals surface area contributed by atoms with Crippen molar-refractivity contribution < 1.29 is 47.1 Å². The molecule has 57 heavy (non-hydrogen) atoms. The smallest absolute Gasteiger partial charge is 0.417 e. The number of aromatic nitrogens is 1. The number of phenols is 1. The predicted octanol–water partition coefficient (Wildman–Crippen LogP) is 7.22. The molecule has 2 aliphatic carbocycles. The number of phenolic OH excluding ortho intramolecular Hbond substituents is 1. The Bertz CT molecular complexity index is 2430. The van der Waals surface area contributed by atoms with E-state index in [4.69, 9.17) is 27.9 Å². The number of imide groups is 2. The Morgan fingerprint density at radius 3 is 2.30 bits per heavy atom. The molecule has 2 saturated heterocycles. The zero-order valence-corrected chi connectivity index (χ0v) is 30.9. The number of amides is 4. The fraction of sp³-hybridized carbons (Fsp3) is 0.256. The Balaban J connectivity index is 1.30.